The largest absolute Gasteiger partial charge is 0.375 e. The fourth-order valence-electron chi connectivity index (χ4n) is 3.07. The third kappa shape index (κ3) is 5.41. The number of nitrogens with zero attached hydrogens (tertiary/aromatic N) is 4. The normalized spacial score (nSPS) is 24.1. The van der Waals surface area contributed by atoms with E-state index in [1.165, 1.54) is 0 Å². The average molecular weight is 481 g/mol. The predicted molar refractivity (Wildman–Crippen MR) is 112 cm³/mol. The number of hydrogen-bond donors (Lipinski definition) is 1. The lowest BCUT2D eigenvalue weighted by Crippen LogP contribution is -2.53. The van der Waals surface area contributed by atoms with E-state index in [-0.39, 0.29) is 36.2 Å². The third-order valence-corrected chi connectivity index (χ3v) is 5.39. The first kappa shape index (κ1) is 20.7. The van der Waals surface area contributed by atoms with E-state index >= 15 is 0 Å². The van der Waals surface area contributed by atoms with Crippen molar-refractivity contribution in [3.05, 3.63) is 11.1 Å². The Bertz CT molecular complexity index is 562. The Labute approximate surface area is 170 Å². The fourth-order valence-corrected chi connectivity index (χ4v) is 3.83. The Morgan fingerprint density at radius 3 is 2.84 bits per heavy atom. The van der Waals surface area contributed by atoms with Gasteiger partial charge in [-0.2, -0.15) is 0 Å². The molecular weight excluding hydrogens is 453 g/mol. The standard InChI is InChI=1S/C16H27N5O2S.HI/c1-17-15(18-9-12-11-24-16(19-12)20(2)3)21-6-8-23-14(10-21)13-5-4-7-22-13;/h11,13-14H,4-10H2,1-3H3,(H,17,18);1H. The van der Waals surface area contributed by atoms with Crippen molar-refractivity contribution in [2.24, 2.45) is 4.99 Å². The zero-order valence-corrected chi connectivity index (χ0v) is 18.3. The maximum atomic E-state index is 5.91. The predicted octanol–water partition coefficient (Wildman–Crippen LogP) is 1.78. The number of morpholine rings is 1. The Morgan fingerprint density at radius 2 is 2.20 bits per heavy atom. The summed E-state index contributed by atoms with van der Waals surface area (Å²) in [5.41, 5.74) is 1.04. The number of aromatic nitrogens is 1. The molecule has 7 nitrogen and oxygen atoms in total. The molecule has 0 aliphatic carbocycles. The van der Waals surface area contributed by atoms with Gasteiger partial charge in [0.25, 0.3) is 0 Å². The molecule has 2 aliphatic heterocycles. The monoisotopic (exact) mass is 481 g/mol. The lowest BCUT2D eigenvalue weighted by atomic mass is 10.1. The van der Waals surface area contributed by atoms with Gasteiger partial charge < -0.3 is 24.6 Å². The molecule has 142 valence electrons. The van der Waals surface area contributed by atoms with E-state index in [1.807, 2.05) is 26.0 Å². The second-order valence-electron chi connectivity index (χ2n) is 6.32. The highest BCUT2D eigenvalue weighted by atomic mass is 127. The molecule has 25 heavy (non-hydrogen) atoms. The summed E-state index contributed by atoms with van der Waals surface area (Å²) in [5, 5.41) is 6.53. The van der Waals surface area contributed by atoms with E-state index in [2.05, 4.69) is 25.6 Å². The maximum absolute atomic E-state index is 5.91. The van der Waals surface area contributed by atoms with Gasteiger partial charge in [0.15, 0.2) is 11.1 Å². The number of aliphatic imine (C=N–C) groups is 1. The molecule has 0 radical (unpaired) electrons. The summed E-state index contributed by atoms with van der Waals surface area (Å²) in [6.07, 6.45) is 2.60. The van der Waals surface area contributed by atoms with E-state index in [4.69, 9.17) is 9.47 Å². The molecule has 0 spiro atoms. The van der Waals surface area contributed by atoms with Gasteiger partial charge in [0.1, 0.15) is 6.10 Å². The van der Waals surface area contributed by atoms with Crippen LogP contribution in [0.3, 0.4) is 0 Å². The topological polar surface area (TPSA) is 62.2 Å². The van der Waals surface area contributed by atoms with Crippen LogP contribution in [-0.2, 0) is 16.0 Å². The molecule has 0 aromatic carbocycles. The van der Waals surface area contributed by atoms with Crippen LogP contribution in [0.2, 0.25) is 0 Å². The Hall–Kier alpha value is -0.650. The molecule has 9 heteroatoms. The number of thiazole rings is 1. The number of rotatable bonds is 4. The van der Waals surface area contributed by atoms with Gasteiger partial charge in [0.2, 0.25) is 0 Å². The van der Waals surface area contributed by atoms with E-state index in [0.29, 0.717) is 13.2 Å². The van der Waals surface area contributed by atoms with Crippen LogP contribution in [0, 0.1) is 0 Å². The first-order valence-corrected chi connectivity index (χ1v) is 9.36. The number of nitrogens with one attached hydrogen (secondary N) is 1. The first-order valence-electron chi connectivity index (χ1n) is 8.48. The highest BCUT2D eigenvalue weighted by Gasteiger charge is 2.32. The van der Waals surface area contributed by atoms with Gasteiger partial charge >= 0.3 is 0 Å². The van der Waals surface area contributed by atoms with Crippen LogP contribution < -0.4 is 10.2 Å². The van der Waals surface area contributed by atoms with Gasteiger partial charge in [0, 0.05) is 46.2 Å². The number of anilines is 1. The zero-order valence-electron chi connectivity index (χ0n) is 15.1. The summed E-state index contributed by atoms with van der Waals surface area (Å²) in [7, 11) is 5.84. The Balaban J connectivity index is 0.00000225. The zero-order chi connectivity index (χ0) is 16.9. The molecule has 2 unspecified atom stereocenters. The lowest BCUT2D eigenvalue weighted by Gasteiger charge is -2.37. The van der Waals surface area contributed by atoms with Crippen molar-refractivity contribution in [2.75, 3.05) is 52.3 Å². The minimum atomic E-state index is 0. The van der Waals surface area contributed by atoms with Gasteiger partial charge in [-0.25, -0.2) is 4.98 Å². The van der Waals surface area contributed by atoms with Crippen molar-refractivity contribution in [3.63, 3.8) is 0 Å². The SMILES string of the molecule is CN=C(NCc1csc(N(C)C)n1)N1CCOC(C2CCCO2)C1.I. The van der Waals surface area contributed by atoms with Crippen molar-refractivity contribution < 1.29 is 9.47 Å². The molecule has 0 saturated carbocycles. The molecule has 1 N–H and O–H groups in total. The van der Waals surface area contributed by atoms with E-state index in [0.717, 1.165) is 49.3 Å². The van der Waals surface area contributed by atoms with Gasteiger partial charge in [-0.15, -0.1) is 35.3 Å². The van der Waals surface area contributed by atoms with Crippen LogP contribution in [0.5, 0.6) is 0 Å². The summed E-state index contributed by atoms with van der Waals surface area (Å²) < 4.78 is 11.7. The van der Waals surface area contributed by atoms with Crippen molar-refractivity contribution in [3.8, 4) is 0 Å². The molecule has 2 fully saturated rings. The summed E-state index contributed by atoms with van der Waals surface area (Å²) >= 11 is 1.65. The van der Waals surface area contributed by atoms with Crippen molar-refractivity contribution >= 4 is 46.4 Å². The lowest BCUT2D eigenvalue weighted by molar-refractivity contribution is -0.0817. The number of hydrogen-bond acceptors (Lipinski definition) is 6. The molecule has 1 aromatic heterocycles. The summed E-state index contributed by atoms with van der Waals surface area (Å²) in [4.78, 5) is 13.3. The van der Waals surface area contributed by atoms with Crippen LogP contribution in [0.25, 0.3) is 0 Å². The van der Waals surface area contributed by atoms with Crippen LogP contribution >= 0.6 is 35.3 Å². The molecule has 1 aromatic rings. The molecule has 3 rings (SSSR count). The molecule has 3 heterocycles. The molecule has 0 bridgehead atoms. The van der Waals surface area contributed by atoms with Crippen molar-refractivity contribution in [2.45, 2.75) is 31.6 Å². The number of halogens is 1. The molecule has 2 aliphatic rings. The van der Waals surface area contributed by atoms with Gasteiger partial charge in [-0.1, -0.05) is 0 Å². The second-order valence-corrected chi connectivity index (χ2v) is 7.16. The quantitative estimate of drug-likeness (QED) is 0.402. The molecule has 0 amide bonds. The fraction of sp³-hybridized carbons (Fsp3) is 0.750. The summed E-state index contributed by atoms with van der Waals surface area (Å²) in [6.45, 7) is 3.93. The third-order valence-electron chi connectivity index (χ3n) is 4.33. The molecule has 2 atom stereocenters. The highest BCUT2D eigenvalue weighted by molar-refractivity contribution is 14.0. The van der Waals surface area contributed by atoms with Crippen molar-refractivity contribution in [1.29, 1.82) is 0 Å². The van der Waals surface area contributed by atoms with Crippen molar-refractivity contribution in [1.82, 2.24) is 15.2 Å². The highest BCUT2D eigenvalue weighted by Crippen LogP contribution is 2.21. The number of guanidine groups is 1. The minimum absolute atomic E-state index is 0. The maximum Gasteiger partial charge on any atom is 0.194 e. The summed E-state index contributed by atoms with van der Waals surface area (Å²) in [5.74, 6) is 0.903. The smallest absolute Gasteiger partial charge is 0.194 e. The first-order chi connectivity index (χ1) is 11.7. The van der Waals surface area contributed by atoms with E-state index < -0.39 is 0 Å². The van der Waals surface area contributed by atoms with E-state index in [1.54, 1.807) is 11.3 Å². The van der Waals surface area contributed by atoms with Gasteiger partial charge in [-0.05, 0) is 12.8 Å². The number of ether oxygens (including phenoxy) is 2. The Kier molecular flexibility index (Phi) is 8.17. The average Bonchev–Trinajstić information content (AvgIpc) is 3.28. The molecular formula is C16H28IN5O2S. The summed E-state index contributed by atoms with van der Waals surface area (Å²) in [6, 6.07) is 0. The van der Waals surface area contributed by atoms with Gasteiger partial charge in [0.05, 0.1) is 24.9 Å². The second kappa shape index (κ2) is 9.89. The van der Waals surface area contributed by atoms with E-state index in [9.17, 15) is 0 Å². The van der Waals surface area contributed by atoms with Gasteiger partial charge in [-0.3, -0.25) is 4.99 Å². The minimum Gasteiger partial charge on any atom is -0.375 e. The van der Waals surface area contributed by atoms with Crippen LogP contribution in [-0.4, -0.2) is 75.5 Å². The van der Waals surface area contributed by atoms with Crippen LogP contribution in [0.4, 0.5) is 5.13 Å². The van der Waals surface area contributed by atoms with Crippen LogP contribution in [0.15, 0.2) is 10.4 Å². The van der Waals surface area contributed by atoms with Crippen LogP contribution in [0.1, 0.15) is 18.5 Å². The Morgan fingerprint density at radius 1 is 1.40 bits per heavy atom. The molecule has 2 saturated heterocycles.